The monoisotopic (exact) mass is 488 g/mol. The molecule has 2 heterocycles. The van der Waals surface area contributed by atoms with Crippen LogP contribution in [0, 0.1) is 17.8 Å². The van der Waals surface area contributed by atoms with Crippen LogP contribution in [0.15, 0.2) is 0 Å². The minimum absolute atomic E-state index is 0.0568. The van der Waals surface area contributed by atoms with E-state index >= 15 is 0 Å². The number of fused-ring (bicyclic) bond motifs is 1. The Balaban J connectivity index is 1.51. The van der Waals surface area contributed by atoms with Gasteiger partial charge in [-0.2, -0.15) is 0 Å². The fraction of sp³-hybridized carbons (Fsp3) is 0.852. The van der Waals surface area contributed by atoms with E-state index in [-0.39, 0.29) is 35.7 Å². The second kappa shape index (κ2) is 11.4. The molecule has 35 heavy (non-hydrogen) atoms. The highest BCUT2D eigenvalue weighted by Crippen LogP contribution is 2.43. The molecule has 2 aliphatic carbocycles. The minimum atomic E-state index is -0.841. The Labute approximate surface area is 209 Å². The summed E-state index contributed by atoms with van der Waals surface area (Å²) in [5, 5.41) is 5.68. The van der Waals surface area contributed by atoms with Crippen LogP contribution in [0.4, 0.5) is 0 Å². The van der Waals surface area contributed by atoms with Crippen molar-refractivity contribution in [3.63, 3.8) is 0 Å². The molecule has 196 valence electrons. The number of carbonyl (C=O) groups is 4. The first-order valence-corrected chi connectivity index (χ1v) is 14.0. The van der Waals surface area contributed by atoms with Crippen LogP contribution in [0.5, 0.6) is 0 Å². The topological polar surface area (TPSA) is 98.8 Å². The Hall–Kier alpha value is -1.96. The molecule has 4 aliphatic rings. The Bertz CT molecular complexity index is 805. The van der Waals surface area contributed by atoms with Crippen LogP contribution in [-0.2, 0) is 19.2 Å². The second-order valence-electron chi connectivity index (χ2n) is 11.5. The van der Waals surface area contributed by atoms with Gasteiger partial charge in [-0.05, 0) is 75.8 Å². The van der Waals surface area contributed by atoms with Gasteiger partial charge in [-0.15, -0.1) is 0 Å². The van der Waals surface area contributed by atoms with Crippen LogP contribution in [0.3, 0.4) is 0 Å². The first-order chi connectivity index (χ1) is 16.8. The summed E-state index contributed by atoms with van der Waals surface area (Å²) in [6, 6.07) is -1.53. The fourth-order valence-corrected chi connectivity index (χ4v) is 6.55. The van der Waals surface area contributed by atoms with Crippen molar-refractivity contribution in [1.82, 2.24) is 20.4 Å². The maximum absolute atomic E-state index is 14.0. The van der Waals surface area contributed by atoms with Crippen molar-refractivity contribution in [2.75, 3.05) is 19.6 Å². The molecule has 5 unspecified atom stereocenters. The van der Waals surface area contributed by atoms with Gasteiger partial charge in [0.1, 0.15) is 6.04 Å². The predicted molar refractivity (Wildman–Crippen MR) is 133 cm³/mol. The third-order valence-corrected chi connectivity index (χ3v) is 8.46. The second-order valence-corrected chi connectivity index (χ2v) is 11.5. The van der Waals surface area contributed by atoms with E-state index in [0.29, 0.717) is 25.3 Å². The zero-order valence-corrected chi connectivity index (χ0v) is 21.8. The van der Waals surface area contributed by atoms with E-state index in [2.05, 4.69) is 29.4 Å². The van der Waals surface area contributed by atoms with Gasteiger partial charge in [0, 0.05) is 12.6 Å². The van der Waals surface area contributed by atoms with Gasteiger partial charge in [0.2, 0.25) is 17.6 Å². The number of Topliss-reactive ketones (excluding diaryl/α,β-unsaturated/α-hetero) is 1. The van der Waals surface area contributed by atoms with Gasteiger partial charge in [-0.25, -0.2) is 0 Å². The van der Waals surface area contributed by atoms with Crippen molar-refractivity contribution in [2.24, 2.45) is 17.8 Å². The maximum Gasteiger partial charge on any atom is 0.289 e. The van der Waals surface area contributed by atoms with Crippen molar-refractivity contribution < 1.29 is 19.2 Å². The quantitative estimate of drug-likeness (QED) is 0.460. The molecule has 2 saturated carbocycles. The highest BCUT2D eigenvalue weighted by atomic mass is 16.2. The standard InChI is InChI=1S/C27H44N4O4/c1-4-9-21(24(32)26(34)28-19-12-13-19)29-25(33)23-20-11-8-10-18(20)16-31(23)27(35)22(17(2)3)30-14-6-5-7-15-30/h17-23H,4-16H2,1-3H3,(H,28,34)(H,29,33). The van der Waals surface area contributed by atoms with Crippen LogP contribution < -0.4 is 10.6 Å². The lowest BCUT2D eigenvalue weighted by Crippen LogP contribution is -2.59. The number of ketones is 1. The molecule has 5 atom stereocenters. The Morgan fingerprint density at radius 2 is 1.66 bits per heavy atom. The van der Waals surface area contributed by atoms with Crippen LogP contribution >= 0.6 is 0 Å². The summed E-state index contributed by atoms with van der Waals surface area (Å²) in [6.07, 6.45) is 9.35. The molecular weight excluding hydrogens is 444 g/mol. The number of nitrogens with one attached hydrogen (secondary N) is 2. The fourth-order valence-electron chi connectivity index (χ4n) is 6.55. The Morgan fingerprint density at radius 1 is 0.943 bits per heavy atom. The lowest BCUT2D eigenvalue weighted by atomic mass is 9.92. The summed E-state index contributed by atoms with van der Waals surface area (Å²) in [6.45, 7) is 8.60. The van der Waals surface area contributed by atoms with Gasteiger partial charge in [0.25, 0.3) is 5.91 Å². The highest BCUT2D eigenvalue weighted by molar-refractivity contribution is 6.38. The van der Waals surface area contributed by atoms with Crippen LogP contribution in [-0.4, -0.2) is 77.1 Å². The lowest BCUT2D eigenvalue weighted by Gasteiger charge is -2.39. The number of carbonyl (C=O) groups excluding carboxylic acids is 4. The molecule has 0 aromatic rings. The van der Waals surface area contributed by atoms with E-state index in [1.165, 1.54) is 6.42 Å². The zero-order valence-electron chi connectivity index (χ0n) is 21.8. The number of hydrogen-bond acceptors (Lipinski definition) is 5. The SMILES string of the molecule is CCCC(NC(=O)C1C2CCCC2CN1C(=O)C(C(C)C)N1CCCCC1)C(=O)C(=O)NC1CC1. The largest absolute Gasteiger partial charge is 0.347 e. The molecule has 2 saturated heterocycles. The first-order valence-electron chi connectivity index (χ1n) is 14.0. The van der Waals surface area contributed by atoms with Gasteiger partial charge in [-0.1, -0.05) is 40.0 Å². The third-order valence-electron chi connectivity index (χ3n) is 8.46. The molecule has 2 aliphatic heterocycles. The smallest absolute Gasteiger partial charge is 0.289 e. The van der Waals surface area contributed by atoms with Gasteiger partial charge >= 0.3 is 0 Å². The maximum atomic E-state index is 14.0. The van der Waals surface area contributed by atoms with Crippen molar-refractivity contribution >= 4 is 23.5 Å². The lowest BCUT2D eigenvalue weighted by molar-refractivity contribution is -0.146. The van der Waals surface area contributed by atoms with E-state index in [9.17, 15) is 19.2 Å². The summed E-state index contributed by atoms with van der Waals surface area (Å²) < 4.78 is 0. The molecule has 0 radical (unpaired) electrons. The molecular formula is C27H44N4O4. The number of likely N-dealkylation sites (tertiary alicyclic amines) is 2. The Kier molecular flexibility index (Phi) is 8.50. The van der Waals surface area contributed by atoms with Crippen molar-refractivity contribution in [3.8, 4) is 0 Å². The molecule has 0 bridgehead atoms. The number of nitrogens with zero attached hydrogens (tertiary/aromatic N) is 2. The molecule has 3 amide bonds. The number of hydrogen-bond donors (Lipinski definition) is 2. The van der Waals surface area contributed by atoms with Crippen molar-refractivity contribution in [1.29, 1.82) is 0 Å². The third kappa shape index (κ3) is 5.89. The molecule has 2 N–H and O–H groups in total. The average Bonchev–Trinajstić information content (AvgIpc) is 3.39. The van der Waals surface area contributed by atoms with E-state index in [1.54, 1.807) is 0 Å². The summed E-state index contributed by atoms with van der Waals surface area (Å²) in [5.41, 5.74) is 0. The molecule has 8 nitrogen and oxygen atoms in total. The number of piperidine rings is 1. The summed E-state index contributed by atoms with van der Waals surface area (Å²) in [5.74, 6) is -0.756. The van der Waals surface area contributed by atoms with Crippen molar-refractivity contribution in [3.05, 3.63) is 0 Å². The molecule has 0 aromatic heterocycles. The molecule has 4 fully saturated rings. The van der Waals surface area contributed by atoms with Gasteiger partial charge in [0.05, 0.1) is 12.1 Å². The van der Waals surface area contributed by atoms with Gasteiger partial charge in [0.15, 0.2) is 0 Å². The average molecular weight is 489 g/mol. The first kappa shape index (κ1) is 26.1. The van der Waals surface area contributed by atoms with E-state index in [4.69, 9.17) is 0 Å². The molecule has 0 aromatic carbocycles. The summed E-state index contributed by atoms with van der Waals surface area (Å²) >= 11 is 0. The van der Waals surface area contributed by atoms with Crippen molar-refractivity contribution in [2.45, 2.75) is 109 Å². The number of rotatable bonds is 10. The van der Waals surface area contributed by atoms with E-state index in [0.717, 1.165) is 58.0 Å². The van der Waals surface area contributed by atoms with Crippen LogP contribution in [0.25, 0.3) is 0 Å². The van der Waals surface area contributed by atoms with Crippen LogP contribution in [0.1, 0.15) is 85.0 Å². The summed E-state index contributed by atoms with van der Waals surface area (Å²) in [4.78, 5) is 57.2. The zero-order chi connectivity index (χ0) is 25.1. The summed E-state index contributed by atoms with van der Waals surface area (Å²) in [7, 11) is 0. The van der Waals surface area contributed by atoms with Gasteiger partial charge < -0.3 is 15.5 Å². The molecule has 8 heteroatoms. The minimum Gasteiger partial charge on any atom is -0.347 e. The van der Waals surface area contributed by atoms with E-state index in [1.807, 2.05) is 11.8 Å². The van der Waals surface area contributed by atoms with Gasteiger partial charge in [-0.3, -0.25) is 24.1 Å². The predicted octanol–water partition coefficient (Wildman–Crippen LogP) is 2.26. The Morgan fingerprint density at radius 3 is 2.29 bits per heavy atom. The normalized spacial score (nSPS) is 28.5. The molecule has 0 spiro atoms. The van der Waals surface area contributed by atoms with E-state index < -0.39 is 23.8 Å². The number of amides is 3. The van der Waals surface area contributed by atoms with Crippen LogP contribution in [0.2, 0.25) is 0 Å². The molecule has 4 rings (SSSR count). The highest BCUT2D eigenvalue weighted by Gasteiger charge is 2.51.